The summed E-state index contributed by atoms with van der Waals surface area (Å²) in [7, 11) is 2.00. The van der Waals surface area contributed by atoms with Gasteiger partial charge in [-0.25, -0.2) is 9.37 Å². The molecule has 1 fully saturated rings. The molecule has 0 aliphatic carbocycles. The second-order valence-electron chi connectivity index (χ2n) is 7.76. The predicted octanol–water partition coefficient (Wildman–Crippen LogP) is 4.93. The number of benzene rings is 2. The number of amides is 1. The van der Waals surface area contributed by atoms with Crippen molar-refractivity contribution in [2.75, 3.05) is 33.2 Å². The van der Waals surface area contributed by atoms with Crippen molar-refractivity contribution in [1.82, 2.24) is 14.8 Å². The molecule has 1 aliphatic heterocycles. The summed E-state index contributed by atoms with van der Waals surface area (Å²) in [5, 5.41) is 1.99. The van der Waals surface area contributed by atoms with Crippen LogP contribution in [0, 0.1) is 5.82 Å². The summed E-state index contributed by atoms with van der Waals surface area (Å²) in [6.07, 6.45) is -4.44. The molecule has 174 valence electrons. The number of nitrogens with zero attached hydrogens (tertiary/aromatic N) is 3. The van der Waals surface area contributed by atoms with E-state index in [-0.39, 0.29) is 29.5 Å². The smallest absolute Gasteiger partial charge is 0.416 e. The molecule has 1 aliphatic rings. The van der Waals surface area contributed by atoms with Gasteiger partial charge in [0.1, 0.15) is 28.9 Å². The van der Waals surface area contributed by atoms with Gasteiger partial charge in [0.2, 0.25) is 0 Å². The first kappa shape index (κ1) is 23.2. The molecule has 1 amide bonds. The summed E-state index contributed by atoms with van der Waals surface area (Å²) < 4.78 is 58.7. The summed E-state index contributed by atoms with van der Waals surface area (Å²) in [6.45, 7) is 2.69. The van der Waals surface area contributed by atoms with Crippen LogP contribution in [0.3, 0.4) is 0 Å². The zero-order chi connectivity index (χ0) is 23.6. The van der Waals surface area contributed by atoms with E-state index in [0.717, 1.165) is 31.3 Å². The van der Waals surface area contributed by atoms with Crippen LogP contribution >= 0.6 is 11.3 Å². The molecular weight excluding hydrogens is 458 g/mol. The van der Waals surface area contributed by atoms with Crippen LogP contribution in [0.15, 0.2) is 47.8 Å². The van der Waals surface area contributed by atoms with Crippen LogP contribution in [0.2, 0.25) is 0 Å². The van der Waals surface area contributed by atoms with Crippen molar-refractivity contribution in [3.63, 3.8) is 0 Å². The van der Waals surface area contributed by atoms with Gasteiger partial charge in [0.05, 0.1) is 5.56 Å². The maximum absolute atomic E-state index is 14.7. The fourth-order valence-corrected chi connectivity index (χ4v) is 4.25. The standard InChI is InChI=1S/C23H21F4N3O2S/c1-29-7-9-30(10-8-29)22(31)20-14-33-21(28-20)18-6-5-17(12-19(18)24)32-13-15-3-2-4-16(11-15)23(25,26)27/h2-6,11-12,14H,7-10,13H2,1H3. The van der Waals surface area contributed by atoms with Gasteiger partial charge in [-0.2, -0.15) is 13.2 Å². The summed E-state index contributed by atoms with van der Waals surface area (Å²) >= 11 is 1.17. The SMILES string of the molecule is CN1CCN(C(=O)c2csc(-c3ccc(OCc4cccc(C(F)(F)F)c4)cc3F)n2)CC1. The molecule has 0 bridgehead atoms. The number of thiazole rings is 1. The van der Waals surface area contributed by atoms with E-state index in [0.29, 0.717) is 23.7 Å². The minimum absolute atomic E-state index is 0.135. The van der Waals surface area contributed by atoms with Gasteiger partial charge in [0, 0.05) is 43.2 Å². The highest BCUT2D eigenvalue weighted by Crippen LogP contribution is 2.31. The Labute approximate surface area is 192 Å². The van der Waals surface area contributed by atoms with E-state index < -0.39 is 17.6 Å². The van der Waals surface area contributed by atoms with E-state index in [9.17, 15) is 22.4 Å². The van der Waals surface area contributed by atoms with Gasteiger partial charge in [0.15, 0.2) is 0 Å². The molecule has 10 heteroatoms. The Morgan fingerprint density at radius 1 is 1.12 bits per heavy atom. The summed E-state index contributed by atoms with van der Waals surface area (Å²) in [5.41, 5.74) is 0.0600. The van der Waals surface area contributed by atoms with E-state index in [1.807, 2.05) is 7.05 Å². The zero-order valence-electron chi connectivity index (χ0n) is 17.7. The number of carbonyl (C=O) groups excluding carboxylic acids is 1. The predicted molar refractivity (Wildman–Crippen MR) is 117 cm³/mol. The number of hydrogen-bond donors (Lipinski definition) is 0. The first-order valence-corrected chi connectivity index (χ1v) is 11.1. The van der Waals surface area contributed by atoms with Crippen LogP contribution in [0.4, 0.5) is 17.6 Å². The third kappa shape index (κ3) is 5.51. The minimum Gasteiger partial charge on any atom is -0.489 e. The van der Waals surface area contributed by atoms with Crippen LogP contribution in [-0.4, -0.2) is 53.9 Å². The lowest BCUT2D eigenvalue weighted by atomic mass is 10.1. The lowest BCUT2D eigenvalue weighted by Crippen LogP contribution is -2.47. The Kier molecular flexibility index (Phi) is 6.66. The molecule has 4 rings (SSSR count). The molecule has 1 aromatic heterocycles. The number of carbonyl (C=O) groups is 1. The van der Waals surface area contributed by atoms with Crippen molar-refractivity contribution in [3.8, 4) is 16.3 Å². The fourth-order valence-electron chi connectivity index (χ4n) is 3.43. The fraction of sp³-hybridized carbons (Fsp3) is 0.304. The minimum atomic E-state index is -4.44. The first-order chi connectivity index (χ1) is 15.7. The molecule has 3 aromatic rings. The van der Waals surface area contributed by atoms with Crippen LogP contribution < -0.4 is 4.74 Å². The van der Waals surface area contributed by atoms with Gasteiger partial charge in [-0.05, 0) is 36.9 Å². The van der Waals surface area contributed by atoms with Crippen LogP contribution in [0.25, 0.3) is 10.6 Å². The van der Waals surface area contributed by atoms with E-state index in [1.165, 1.54) is 35.6 Å². The molecular formula is C23H21F4N3O2S. The molecule has 2 heterocycles. The van der Waals surface area contributed by atoms with Crippen molar-refractivity contribution in [3.05, 3.63) is 70.5 Å². The third-order valence-corrected chi connectivity index (χ3v) is 6.22. The van der Waals surface area contributed by atoms with Crippen molar-refractivity contribution >= 4 is 17.2 Å². The van der Waals surface area contributed by atoms with Crippen molar-refractivity contribution in [1.29, 1.82) is 0 Å². The van der Waals surface area contributed by atoms with Crippen LogP contribution in [0.1, 0.15) is 21.6 Å². The van der Waals surface area contributed by atoms with E-state index in [1.54, 1.807) is 10.3 Å². The molecule has 0 saturated carbocycles. The monoisotopic (exact) mass is 479 g/mol. The Morgan fingerprint density at radius 3 is 2.58 bits per heavy atom. The lowest BCUT2D eigenvalue weighted by molar-refractivity contribution is -0.137. The molecule has 0 spiro atoms. The van der Waals surface area contributed by atoms with Crippen LogP contribution in [0.5, 0.6) is 5.75 Å². The van der Waals surface area contributed by atoms with Gasteiger partial charge < -0.3 is 14.5 Å². The molecule has 33 heavy (non-hydrogen) atoms. The maximum atomic E-state index is 14.7. The van der Waals surface area contributed by atoms with E-state index >= 15 is 0 Å². The number of piperazine rings is 1. The molecule has 5 nitrogen and oxygen atoms in total. The Hall–Kier alpha value is -2.98. The molecule has 2 aromatic carbocycles. The van der Waals surface area contributed by atoms with Gasteiger partial charge >= 0.3 is 6.18 Å². The highest BCUT2D eigenvalue weighted by molar-refractivity contribution is 7.13. The summed E-state index contributed by atoms with van der Waals surface area (Å²) in [4.78, 5) is 20.9. The topological polar surface area (TPSA) is 45.7 Å². The van der Waals surface area contributed by atoms with Crippen molar-refractivity contribution < 1.29 is 27.1 Å². The van der Waals surface area contributed by atoms with Gasteiger partial charge in [-0.1, -0.05) is 12.1 Å². The number of hydrogen-bond acceptors (Lipinski definition) is 5. The third-order valence-electron chi connectivity index (χ3n) is 5.34. The molecule has 0 radical (unpaired) electrons. The molecule has 1 saturated heterocycles. The van der Waals surface area contributed by atoms with Crippen molar-refractivity contribution in [2.45, 2.75) is 12.8 Å². The second-order valence-corrected chi connectivity index (χ2v) is 8.62. The molecule has 0 atom stereocenters. The number of rotatable bonds is 5. The zero-order valence-corrected chi connectivity index (χ0v) is 18.5. The lowest BCUT2D eigenvalue weighted by Gasteiger charge is -2.31. The quantitative estimate of drug-likeness (QED) is 0.487. The number of likely N-dealkylation sites (N-methyl/N-ethyl adjacent to an activating group) is 1. The Balaban J connectivity index is 1.43. The van der Waals surface area contributed by atoms with Crippen molar-refractivity contribution in [2.24, 2.45) is 0 Å². The number of halogens is 4. The van der Waals surface area contributed by atoms with E-state index in [4.69, 9.17) is 4.74 Å². The number of aromatic nitrogens is 1. The second kappa shape index (κ2) is 9.48. The Morgan fingerprint density at radius 2 is 1.88 bits per heavy atom. The normalized spacial score (nSPS) is 15.0. The average molecular weight is 479 g/mol. The first-order valence-electron chi connectivity index (χ1n) is 10.2. The average Bonchev–Trinajstić information content (AvgIpc) is 3.27. The largest absolute Gasteiger partial charge is 0.489 e. The maximum Gasteiger partial charge on any atom is 0.416 e. The molecule has 0 unspecified atom stereocenters. The number of alkyl halides is 3. The van der Waals surface area contributed by atoms with Gasteiger partial charge in [0.25, 0.3) is 5.91 Å². The van der Waals surface area contributed by atoms with Gasteiger partial charge in [-0.15, -0.1) is 11.3 Å². The number of ether oxygens (including phenoxy) is 1. The van der Waals surface area contributed by atoms with E-state index in [2.05, 4.69) is 9.88 Å². The van der Waals surface area contributed by atoms with Gasteiger partial charge in [-0.3, -0.25) is 4.79 Å². The highest BCUT2D eigenvalue weighted by Gasteiger charge is 2.30. The Bertz CT molecular complexity index is 1140. The highest BCUT2D eigenvalue weighted by atomic mass is 32.1. The summed E-state index contributed by atoms with van der Waals surface area (Å²) in [6, 6.07) is 8.96. The molecule has 0 N–H and O–H groups in total. The van der Waals surface area contributed by atoms with Crippen LogP contribution in [-0.2, 0) is 12.8 Å². The summed E-state index contributed by atoms with van der Waals surface area (Å²) in [5.74, 6) is -0.588.